The summed E-state index contributed by atoms with van der Waals surface area (Å²) in [7, 11) is 0. The molecule has 0 unspecified atom stereocenters. The number of hydrogen-bond donors (Lipinski definition) is 0. The Balaban J connectivity index is 0. The molecule has 0 fully saturated rings. The zero-order valence-electron chi connectivity index (χ0n) is 4.71. The first-order valence-corrected chi connectivity index (χ1v) is 3.01. The molecule has 0 aromatic rings. The molecule has 0 saturated carbocycles. The number of hydrogen-bond acceptors (Lipinski definition) is 0. The van der Waals surface area contributed by atoms with E-state index in [9.17, 15) is 0 Å². The van der Waals surface area contributed by atoms with Crippen LogP contribution in [0.5, 0.6) is 0 Å². The van der Waals surface area contributed by atoms with Crippen LogP contribution < -0.4 is 0 Å². The van der Waals surface area contributed by atoms with Gasteiger partial charge in [0.1, 0.15) is 0 Å². The normalized spacial score (nSPS) is 7.71. The first kappa shape index (κ1) is 10.3. The van der Waals surface area contributed by atoms with Crippen molar-refractivity contribution in [2.75, 3.05) is 5.88 Å². The summed E-state index contributed by atoms with van der Waals surface area (Å²) in [4.78, 5) is 0. The number of alkyl halides is 1. The van der Waals surface area contributed by atoms with E-state index in [0.717, 1.165) is 5.88 Å². The van der Waals surface area contributed by atoms with Crippen LogP contribution in [0.3, 0.4) is 0 Å². The van der Waals surface area contributed by atoms with Gasteiger partial charge in [-0.2, -0.15) is 0 Å². The van der Waals surface area contributed by atoms with E-state index in [-0.39, 0.29) is 7.43 Å². The molecule has 0 heterocycles. The molecule has 0 aromatic carbocycles. The predicted molar refractivity (Wildman–Crippen MR) is 33.5 cm³/mol. The maximum absolute atomic E-state index is 5.38. The van der Waals surface area contributed by atoms with Crippen molar-refractivity contribution < 1.29 is 0 Å². The highest BCUT2D eigenvalue weighted by atomic mass is 35.5. The lowest BCUT2D eigenvalue weighted by Crippen LogP contribution is -1.70. The van der Waals surface area contributed by atoms with Gasteiger partial charge in [0.2, 0.25) is 0 Å². The second-order valence-corrected chi connectivity index (χ2v) is 1.77. The molecular weight excluding hydrogens is 108 g/mol. The van der Waals surface area contributed by atoms with Crippen molar-refractivity contribution in [2.45, 2.75) is 26.2 Å². The summed E-state index contributed by atoms with van der Waals surface area (Å²) in [6.45, 7) is 2.17. The fourth-order valence-electron chi connectivity index (χ4n) is 0.344. The zero-order valence-corrected chi connectivity index (χ0v) is 5.46. The van der Waals surface area contributed by atoms with Crippen molar-refractivity contribution in [2.24, 2.45) is 0 Å². The van der Waals surface area contributed by atoms with Crippen molar-refractivity contribution in [3.63, 3.8) is 0 Å². The minimum atomic E-state index is 0. The van der Waals surface area contributed by atoms with Crippen LogP contribution in [0, 0.1) is 7.43 Å². The van der Waals surface area contributed by atoms with Crippen LogP contribution in [-0.4, -0.2) is 5.88 Å². The van der Waals surface area contributed by atoms with E-state index >= 15 is 0 Å². The molecule has 0 rings (SSSR count). The Morgan fingerprint density at radius 3 is 2.00 bits per heavy atom. The van der Waals surface area contributed by atoms with E-state index < -0.39 is 0 Å². The predicted octanol–water partition coefficient (Wildman–Crippen LogP) is 2.50. The monoisotopic (exact) mass is 118 g/mol. The molecule has 1 heteroatoms. The molecule has 0 spiro atoms. The van der Waals surface area contributed by atoms with Gasteiger partial charge in [0, 0.05) is 13.3 Å². The second kappa shape index (κ2) is 9.56. The molecule has 7 heavy (non-hydrogen) atoms. The molecule has 4 radical (unpaired) electrons. The Morgan fingerprint density at radius 2 is 1.86 bits per heavy atom. The van der Waals surface area contributed by atoms with Crippen molar-refractivity contribution in [3.8, 4) is 0 Å². The average Bonchev–Trinajstić information content (AvgIpc) is 1.61. The molecule has 0 aromatic heterocycles. The van der Waals surface area contributed by atoms with Gasteiger partial charge in [0.05, 0.1) is 0 Å². The smallest absolute Gasteiger partial charge is 0.0223 e. The van der Waals surface area contributed by atoms with Crippen LogP contribution in [0.25, 0.3) is 0 Å². The topological polar surface area (TPSA) is 0 Å². The molecule has 0 aliphatic rings. The van der Waals surface area contributed by atoms with Crippen LogP contribution >= 0.6 is 11.6 Å². The van der Waals surface area contributed by atoms with Gasteiger partial charge in [-0.3, -0.25) is 0 Å². The SMILES string of the molecule is CCCCCCl.[C]. The van der Waals surface area contributed by atoms with Crippen LogP contribution in [0.2, 0.25) is 0 Å². The number of unbranched alkanes of at least 4 members (excludes halogenated alkanes) is 2. The van der Waals surface area contributed by atoms with Gasteiger partial charge in [-0.1, -0.05) is 19.8 Å². The Labute approximate surface area is 51.9 Å². The van der Waals surface area contributed by atoms with Gasteiger partial charge in [-0.15, -0.1) is 11.6 Å². The maximum Gasteiger partial charge on any atom is 0.0223 e. The molecule has 0 aliphatic carbocycles. The number of rotatable bonds is 3. The van der Waals surface area contributed by atoms with Gasteiger partial charge < -0.3 is 0 Å². The lowest BCUT2D eigenvalue weighted by Gasteiger charge is -1.84. The Bertz CT molecular complexity index is 16.1. The molecule has 0 N–H and O–H groups in total. The lowest BCUT2D eigenvalue weighted by molar-refractivity contribution is 0.776. The highest BCUT2D eigenvalue weighted by Gasteiger charge is 1.76. The molecule has 0 nitrogen and oxygen atoms in total. The van der Waals surface area contributed by atoms with Crippen molar-refractivity contribution in [3.05, 3.63) is 7.43 Å². The van der Waals surface area contributed by atoms with Crippen LogP contribution in [0.15, 0.2) is 0 Å². The Hall–Kier alpha value is 0.290. The summed E-state index contributed by atoms with van der Waals surface area (Å²) in [5.41, 5.74) is 0. The highest BCUT2D eigenvalue weighted by Crippen LogP contribution is 1.93. The van der Waals surface area contributed by atoms with Crippen LogP contribution in [-0.2, 0) is 0 Å². The van der Waals surface area contributed by atoms with Crippen molar-refractivity contribution in [1.82, 2.24) is 0 Å². The Morgan fingerprint density at radius 1 is 1.29 bits per heavy atom. The summed E-state index contributed by atoms with van der Waals surface area (Å²) in [5.74, 6) is 0.827. The van der Waals surface area contributed by atoms with E-state index in [2.05, 4.69) is 6.92 Å². The third-order valence-electron chi connectivity index (χ3n) is 0.737. The highest BCUT2D eigenvalue weighted by molar-refractivity contribution is 6.17. The minimum absolute atomic E-state index is 0. The summed E-state index contributed by atoms with van der Waals surface area (Å²) in [5, 5.41) is 0. The summed E-state index contributed by atoms with van der Waals surface area (Å²) in [6, 6.07) is 0. The third-order valence-corrected chi connectivity index (χ3v) is 1.00. The minimum Gasteiger partial charge on any atom is -0.127 e. The van der Waals surface area contributed by atoms with Crippen molar-refractivity contribution in [1.29, 1.82) is 0 Å². The van der Waals surface area contributed by atoms with Gasteiger partial charge in [0.15, 0.2) is 0 Å². The van der Waals surface area contributed by atoms with Gasteiger partial charge in [-0.05, 0) is 6.42 Å². The van der Waals surface area contributed by atoms with Gasteiger partial charge >= 0.3 is 0 Å². The molecule has 0 atom stereocenters. The Kier molecular flexibility index (Phi) is 14.1. The molecular formula is C6H11Cl. The average molecular weight is 119 g/mol. The third kappa shape index (κ3) is 10.7. The summed E-state index contributed by atoms with van der Waals surface area (Å²) >= 11 is 5.38. The largest absolute Gasteiger partial charge is 0.127 e. The lowest BCUT2D eigenvalue weighted by atomic mass is 10.3. The fraction of sp³-hybridized carbons (Fsp3) is 0.833. The fourth-order valence-corrected chi connectivity index (χ4v) is 0.533. The first-order valence-electron chi connectivity index (χ1n) is 2.47. The van der Waals surface area contributed by atoms with Crippen molar-refractivity contribution >= 4 is 11.6 Å². The van der Waals surface area contributed by atoms with Gasteiger partial charge in [-0.25, -0.2) is 0 Å². The number of halogens is 1. The van der Waals surface area contributed by atoms with Crippen LogP contribution in [0.1, 0.15) is 26.2 Å². The summed E-state index contributed by atoms with van der Waals surface area (Å²) in [6.07, 6.45) is 3.73. The zero-order chi connectivity index (χ0) is 4.83. The molecule has 0 bridgehead atoms. The molecule has 0 saturated heterocycles. The molecule has 0 aliphatic heterocycles. The van der Waals surface area contributed by atoms with E-state index in [1.54, 1.807) is 0 Å². The molecule has 0 amide bonds. The second-order valence-electron chi connectivity index (χ2n) is 1.40. The maximum atomic E-state index is 5.38. The van der Waals surface area contributed by atoms with E-state index in [0.29, 0.717) is 0 Å². The van der Waals surface area contributed by atoms with Crippen LogP contribution in [0.4, 0.5) is 0 Å². The van der Waals surface area contributed by atoms with E-state index in [1.807, 2.05) is 0 Å². The van der Waals surface area contributed by atoms with E-state index in [4.69, 9.17) is 11.6 Å². The summed E-state index contributed by atoms with van der Waals surface area (Å²) < 4.78 is 0. The standard InChI is InChI=1S/C5H11Cl.C/c1-2-3-4-5-6;/h2-5H2,1H3;. The molecule has 42 valence electrons. The first-order chi connectivity index (χ1) is 2.91. The quantitative estimate of drug-likeness (QED) is 0.395. The van der Waals surface area contributed by atoms with Gasteiger partial charge in [0.25, 0.3) is 0 Å². The van der Waals surface area contributed by atoms with E-state index in [1.165, 1.54) is 19.3 Å².